The summed E-state index contributed by atoms with van der Waals surface area (Å²) in [4.78, 5) is 27.3. The first-order valence-electron chi connectivity index (χ1n) is 16.6. The quantitative estimate of drug-likeness (QED) is 0.128. The predicted molar refractivity (Wildman–Crippen MR) is 196 cm³/mol. The summed E-state index contributed by atoms with van der Waals surface area (Å²) < 4.78 is 26.0. The molecule has 0 heterocycles. The highest BCUT2D eigenvalue weighted by molar-refractivity contribution is 7.92. The second-order valence-corrected chi connectivity index (χ2v) is 15.0. The molecule has 2 amide bonds. The average Bonchev–Trinajstić information content (AvgIpc) is 3.07. The maximum absolute atomic E-state index is 13.9. The molecule has 4 aromatic carbocycles. The molecule has 0 radical (unpaired) electrons. The summed E-state index contributed by atoms with van der Waals surface area (Å²) in [5.74, 6) is -0.463. The van der Waals surface area contributed by atoms with E-state index in [0.29, 0.717) is 18.9 Å². The van der Waals surface area contributed by atoms with Crippen LogP contribution >= 0.6 is 0 Å². The number of hydrogen-bond acceptors (Lipinski definition) is 6. The van der Waals surface area contributed by atoms with Crippen LogP contribution in [-0.2, 0) is 29.4 Å². The number of carbonyl (C=O) groups is 2. The molecule has 4 rings (SSSR count). The van der Waals surface area contributed by atoms with Gasteiger partial charge in [0.05, 0.1) is 30.1 Å². The Morgan fingerprint density at radius 1 is 0.735 bits per heavy atom. The number of sulfonamides is 1. The van der Waals surface area contributed by atoms with E-state index in [9.17, 15) is 23.1 Å². The molecule has 49 heavy (non-hydrogen) atoms. The second-order valence-electron chi connectivity index (χ2n) is 13.0. The molecule has 0 spiro atoms. The van der Waals surface area contributed by atoms with Gasteiger partial charge < -0.3 is 21.1 Å². The summed E-state index contributed by atoms with van der Waals surface area (Å²) in [6.07, 6.45) is 1.43. The molecule has 9 nitrogen and oxygen atoms in total. The van der Waals surface area contributed by atoms with E-state index in [-0.39, 0.29) is 29.4 Å². The van der Waals surface area contributed by atoms with Crippen molar-refractivity contribution >= 4 is 27.5 Å². The Hall–Kier alpha value is -4.51. The van der Waals surface area contributed by atoms with Crippen LogP contribution in [0.25, 0.3) is 0 Å². The standard InChI is InChI=1S/C39H48N4O5S/c1-27(2)19-30-15-12-16-31(20-30)25-40-26-37(44)36(21-29-13-8-6-9-14-29)42-39(46)34-22-33(23-35(24-34)43(4)49(5,47)48)38(45)41-28(3)32-17-10-7-11-18-32/h6-18,20,22-24,27-28,36-37,40,44H,19,21,25-26H2,1-5H3,(H,41,45)(H,42,46)/t28-,36+,37-/m1/s1. The number of benzene rings is 4. The predicted octanol–water partition coefficient (Wildman–Crippen LogP) is 5.26. The van der Waals surface area contributed by atoms with E-state index in [1.165, 1.54) is 30.8 Å². The highest BCUT2D eigenvalue weighted by atomic mass is 32.2. The van der Waals surface area contributed by atoms with Gasteiger partial charge in [-0.05, 0) is 66.1 Å². The van der Waals surface area contributed by atoms with E-state index >= 15 is 0 Å². The van der Waals surface area contributed by atoms with Crippen molar-refractivity contribution in [3.63, 3.8) is 0 Å². The Labute approximate surface area is 290 Å². The topological polar surface area (TPSA) is 128 Å². The number of aliphatic hydroxyl groups is 1. The summed E-state index contributed by atoms with van der Waals surface area (Å²) in [6, 6.07) is 30.6. The van der Waals surface area contributed by atoms with Crippen LogP contribution < -0.4 is 20.3 Å². The van der Waals surface area contributed by atoms with Crippen molar-refractivity contribution in [2.75, 3.05) is 24.2 Å². The summed E-state index contributed by atoms with van der Waals surface area (Å²) >= 11 is 0. The Morgan fingerprint density at radius 2 is 1.31 bits per heavy atom. The number of nitrogens with one attached hydrogen (secondary N) is 3. The van der Waals surface area contributed by atoms with Crippen LogP contribution in [0.1, 0.15) is 69.8 Å². The molecular formula is C39H48N4O5S. The van der Waals surface area contributed by atoms with E-state index in [1.54, 1.807) is 0 Å². The smallest absolute Gasteiger partial charge is 0.251 e. The number of aliphatic hydroxyl groups excluding tert-OH is 1. The van der Waals surface area contributed by atoms with E-state index in [2.05, 4.69) is 41.9 Å². The second kappa shape index (κ2) is 17.2. The average molecular weight is 685 g/mol. The van der Waals surface area contributed by atoms with E-state index in [1.807, 2.05) is 79.7 Å². The maximum atomic E-state index is 13.9. The molecule has 260 valence electrons. The molecule has 0 fully saturated rings. The lowest BCUT2D eigenvalue weighted by atomic mass is 9.99. The van der Waals surface area contributed by atoms with Gasteiger partial charge in [-0.3, -0.25) is 13.9 Å². The van der Waals surface area contributed by atoms with Gasteiger partial charge in [0.2, 0.25) is 10.0 Å². The van der Waals surface area contributed by atoms with Gasteiger partial charge in [0.25, 0.3) is 11.8 Å². The van der Waals surface area contributed by atoms with Crippen molar-refractivity contribution in [1.29, 1.82) is 0 Å². The zero-order chi connectivity index (χ0) is 35.6. The van der Waals surface area contributed by atoms with Crippen molar-refractivity contribution in [1.82, 2.24) is 16.0 Å². The fraction of sp³-hybridized carbons (Fsp3) is 0.333. The van der Waals surface area contributed by atoms with Crippen molar-refractivity contribution in [2.24, 2.45) is 5.92 Å². The molecule has 0 bridgehead atoms. The molecule has 0 saturated carbocycles. The van der Waals surface area contributed by atoms with Crippen LogP contribution in [0.4, 0.5) is 5.69 Å². The number of carbonyl (C=O) groups excluding carboxylic acids is 2. The first kappa shape index (κ1) is 37.3. The third kappa shape index (κ3) is 11.3. The van der Waals surface area contributed by atoms with Gasteiger partial charge in [0, 0.05) is 31.3 Å². The molecular weight excluding hydrogens is 637 g/mol. The number of nitrogens with zero attached hydrogens (tertiary/aromatic N) is 1. The van der Waals surface area contributed by atoms with Crippen LogP contribution in [0.15, 0.2) is 103 Å². The molecule has 0 saturated heterocycles. The molecule has 10 heteroatoms. The zero-order valence-corrected chi connectivity index (χ0v) is 29.7. The monoisotopic (exact) mass is 684 g/mol. The third-order valence-electron chi connectivity index (χ3n) is 8.35. The molecule has 4 aromatic rings. The first-order valence-corrected chi connectivity index (χ1v) is 18.4. The number of amides is 2. The van der Waals surface area contributed by atoms with Crippen LogP contribution in [0.5, 0.6) is 0 Å². The normalized spacial score (nSPS) is 13.4. The summed E-state index contributed by atoms with van der Waals surface area (Å²) in [5.41, 5.74) is 4.56. The minimum atomic E-state index is -3.70. The lowest BCUT2D eigenvalue weighted by molar-refractivity contribution is 0.0830. The fourth-order valence-corrected chi connectivity index (χ4v) is 6.09. The van der Waals surface area contributed by atoms with E-state index in [4.69, 9.17) is 0 Å². The Balaban J connectivity index is 1.56. The van der Waals surface area contributed by atoms with Crippen LogP contribution in [-0.4, -0.2) is 57.3 Å². The highest BCUT2D eigenvalue weighted by Gasteiger charge is 2.25. The zero-order valence-electron chi connectivity index (χ0n) is 28.9. The molecule has 0 unspecified atom stereocenters. The van der Waals surface area contributed by atoms with Gasteiger partial charge in [0.15, 0.2) is 0 Å². The third-order valence-corrected chi connectivity index (χ3v) is 9.55. The molecule has 4 N–H and O–H groups in total. The molecule has 0 aromatic heterocycles. The largest absolute Gasteiger partial charge is 0.390 e. The lowest BCUT2D eigenvalue weighted by Gasteiger charge is -2.26. The number of rotatable bonds is 16. The van der Waals surface area contributed by atoms with Crippen molar-refractivity contribution in [3.05, 3.63) is 137 Å². The van der Waals surface area contributed by atoms with Gasteiger partial charge in [-0.2, -0.15) is 0 Å². The first-order chi connectivity index (χ1) is 23.3. The number of hydrogen-bond donors (Lipinski definition) is 4. The molecule has 3 atom stereocenters. The van der Waals surface area contributed by atoms with Gasteiger partial charge >= 0.3 is 0 Å². The van der Waals surface area contributed by atoms with Crippen LogP contribution in [0.3, 0.4) is 0 Å². The van der Waals surface area contributed by atoms with Crippen molar-refractivity contribution in [2.45, 2.75) is 58.3 Å². The van der Waals surface area contributed by atoms with Gasteiger partial charge in [-0.25, -0.2) is 8.42 Å². The summed E-state index contributed by atoms with van der Waals surface area (Å²) in [7, 11) is -2.34. The summed E-state index contributed by atoms with van der Waals surface area (Å²) in [5, 5.41) is 20.6. The van der Waals surface area contributed by atoms with Crippen molar-refractivity contribution in [3.8, 4) is 0 Å². The van der Waals surface area contributed by atoms with Gasteiger partial charge in [-0.1, -0.05) is 98.8 Å². The van der Waals surface area contributed by atoms with E-state index < -0.39 is 34.0 Å². The maximum Gasteiger partial charge on any atom is 0.251 e. The number of anilines is 1. The Morgan fingerprint density at radius 3 is 1.92 bits per heavy atom. The molecule has 0 aliphatic heterocycles. The van der Waals surface area contributed by atoms with Crippen LogP contribution in [0, 0.1) is 5.92 Å². The van der Waals surface area contributed by atoms with E-state index in [0.717, 1.165) is 33.7 Å². The highest BCUT2D eigenvalue weighted by Crippen LogP contribution is 2.22. The van der Waals surface area contributed by atoms with Gasteiger partial charge in [0.1, 0.15) is 0 Å². The Kier molecular flexibility index (Phi) is 13.1. The van der Waals surface area contributed by atoms with Gasteiger partial charge in [-0.15, -0.1) is 0 Å². The van der Waals surface area contributed by atoms with Crippen LogP contribution in [0.2, 0.25) is 0 Å². The minimum Gasteiger partial charge on any atom is -0.390 e. The van der Waals surface area contributed by atoms with Crippen molar-refractivity contribution < 1.29 is 23.1 Å². The molecule has 0 aliphatic rings. The minimum absolute atomic E-state index is 0.0886. The summed E-state index contributed by atoms with van der Waals surface area (Å²) in [6.45, 7) is 6.98. The molecule has 0 aliphatic carbocycles. The SMILES string of the molecule is CC(C)Cc1cccc(CNC[C@@H](O)[C@H](Cc2ccccc2)NC(=O)c2cc(C(=O)N[C@H](C)c3ccccc3)cc(N(C)S(C)(=O)=O)c2)c1. The fourth-order valence-electron chi connectivity index (χ4n) is 5.60. The lowest BCUT2D eigenvalue weighted by Crippen LogP contribution is -2.48. The Bertz CT molecular complexity index is 1800.